The van der Waals surface area contributed by atoms with Crippen LogP contribution >= 0.6 is 0 Å². The molecule has 8 aromatic rings. The molecule has 0 saturated carbocycles. The molecule has 4 aliphatic heterocycles. The van der Waals surface area contributed by atoms with Crippen molar-refractivity contribution >= 4 is 62.4 Å². The maximum absolute atomic E-state index is 12.9. The molecule has 0 aliphatic carbocycles. The number of anilines is 4. The normalized spacial score (nSPS) is 18.4. The molecule has 4 aliphatic rings. The molecule has 4 heterocycles. The van der Waals surface area contributed by atoms with Gasteiger partial charge in [0.25, 0.3) is 0 Å². The molecule has 12 rings (SSSR count). The third-order valence-electron chi connectivity index (χ3n) is 15.9. The van der Waals surface area contributed by atoms with Crippen LogP contribution in [0.4, 0.5) is 22.7 Å². The maximum Gasteiger partial charge on any atom is 0.338 e. The zero-order valence-electron chi connectivity index (χ0n) is 45.1. The highest BCUT2D eigenvalue weighted by molar-refractivity contribution is 6.05. The number of rotatable bonds is 11. The summed E-state index contributed by atoms with van der Waals surface area (Å²) in [5.41, 5.74) is 10.1. The molecule has 2 saturated heterocycles. The molecule has 0 amide bonds. The Morgan fingerprint density at radius 2 is 1.04 bits per heavy atom. The fourth-order valence-electron chi connectivity index (χ4n) is 11.6. The summed E-state index contributed by atoms with van der Waals surface area (Å²) in [5.74, 6) is 1.91. The lowest BCUT2D eigenvalue weighted by molar-refractivity contribution is 0.0599. The summed E-state index contributed by atoms with van der Waals surface area (Å²) in [6.45, 7) is 4.31. The highest BCUT2D eigenvalue weighted by Crippen LogP contribution is 2.49. The van der Waals surface area contributed by atoms with Crippen molar-refractivity contribution in [3.63, 3.8) is 0 Å². The smallest absolute Gasteiger partial charge is 0.338 e. The topological polar surface area (TPSA) is 87.2 Å². The van der Waals surface area contributed by atoms with Crippen LogP contribution in [0.25, 0.3) is 33.7 Å². The maximum atomic E-state index is 12.9. The van der Waals surface area contributed by atoms with Gasteiger partial charge in [-0.1, -0.05) is 84.9 Å². The number of aliphatic hydroxyl groups is 1. The highest BCUT2D eigenvalue weighted by atomic mass is 16.5. The Kier molecular flexibility index (Phi) is 14.2. The predicted octanol–water partition coefficient (Wildman–Crippen LogP) is 13.4. The zero-order valence-corrected chi connectivity index (χ0v) is 45.1. The number of ether oxygens (including phenoxy) is 4. The summed E-state index contributed by atoms with van der Waals surface area (Å²) < 4.78 is 24.9. The lowest BCUT2D eigenvalue weighted by Crippen LogP contribution is -2.35. The lowest BCUT2D eigenvalue weighted by Gasteiger charge is -2.37. The van der Waals surface area contributed by atoms with Crippen LogP contribution in [0.1, 0.15) is 81.4 Å². The van der Waals surface area contributed by atoms with Crippen LogP contribution in [0.2, 0.25) is 0 Å². The SMILES string of the molecule is COC(=O)c1cc2ccc(N(C)C)cc2c2c1C=CC(c1ccccc1)(c1ccc(N3CCCCC3)cc1)O2.COc1ccc(C2(c3ccc(N(C)C)cc3)C=Cc3c(CO)cc4ccc(N5CCCC5)cc4c3O2)cc1. The molecule has 0 spiro atoms. The minimum atomic E-state index is -0.857. The minimum Gasteiger partial charge on any atom is -0.497 e. The van der Waals surface area contributed by atoms with Crippen molar-refractivity contribution in [2.45, 2.75) is 49.9 Å². The molecule has 1 N–H and O–H groups in total. The summed E-state index contributed by atoms with van der Waals surface area (Å²) in [6.07, 6.45) is 14.6. The van der Waals surface area contributed by atoms with Gasteiger partial charge >= 0.3 is 5.97 Å². The van der Waals surface area contributed by atoms with Gasteiger partial charge in [-0.15, -0.1) is 0 Å². The van der Waals surface area contributed by atoms with E-state index in [1.54, 1.807) is 7.11 Å². The van der Waals surface area contributed by atoms with Crippen LogP contribution in [-0.2, 0) is 22.5 Å². The third-order valence-corrected chi connectivity index (χ3v) is 15.9. The predicted molar refractivity (Wildman–Crippen MR) is 315 cm³/mol. The first-order valence-corrected chi connectivity index (χ1v) is 26.9. The summed E-state index contributed by atoms with van der Waals surface area (Å²) in [5, 5.41) is 14.3. The molecule has 392 valence electrons. The summed E-state index contributed by atoms with van der Waals surface area (Å²) in [4.78, 5) is 21.9. The average Bonchev–Trinajstić information content (AvgIpc) is 4.11. The molecular weight excluding hydrogens is 957 g/mol. The van der Waals surface area contributed by atoms with E-state index in [4.69, 9.17) is 18.9 Å². The van der Waals surface area contributed by atoms with Crippen molar-refractivity contribution in [1.29, 1.82) is 0 Å². The number of nitrogens with zero attached hydrogens (tertiary/aromatic N) is 4. The third kappa shape index (κ3) is 9.60. The number of benzene rings is 8. The first kappa shape index (κ1) is 50.9. The van der Waals surface area contributed by atoms with E-state index < -0.39 is 11.2 Å². The van der Waals surface area contributed by atoms with Crippen molar-refractivity contribution in [3.05, 3.63) is 208 Å². The molecule has 2 atom stereocenters. The second-order valence-electron chi connectivity index (χ2n) is 21.0. The lowest BCUT2D eigenvalue weighted by atomic mass is 9.82. The molecule has 0 bridgehead atoms. The summed E-state index contributed by atoms with van der Waals surface area (Å²) in [6, 6.07) is 52.5. The monoisotopic (exact) mass is 1020 g/mol. The first-order chi connectivity index (χ1) is 37.5. The second-order valence-corrected chi connectivity index (χ2v) is 21.0. The number of esters is 1. The molecule has 2 unspecified atom stereocenters. The average molecular weight is 1030 g/mol. The number of carbonyl (C=O) groups is 1. The fraction of sp³-hybridized carbons (Fsp3) is 0.269. The van der Waals surface area contributed by atoms with E-state index in [0.29, 0.717) is 11.3 Å². The zero-order chi connectivity index (χ0) is 53.3. The van der Waals surface area contributed by atoms with Gasteiger partial charge in [0.2, 0.25) is 0 Å². The Morgan fingerprint density at radius 3 is 1.64 bits per heavy atom. The van der Waals surface area contributed by atoms with Gasteiger partial charge in [0.15, 0.2) is 11.2 Å². The number of hydrogen-bond acceptors (Lipinski definition) is 10. The van der Waals surface area contributed by atoms with Crippen LogP contribution in [0.3, 0.4) is 0 Å². The standard InChI is InChI=1S/C34H34N2O3.C33H34N2O3/c1-35(2)28-15-12-24-22-31(33(37)38-3)29-18-19-34(25-10-6-4-7-11-25,39-32(29)30(24)23-28)26-13-16-27(17-14-26)36-20-8-5-9-21-36;1-34(2)27-12-7-25(8-13-27)33(26-9-14-29(37-3)15-10-26)17-16-30-24(22-36)20-23-6-11-28(35-18-4-5-19-35)21-31(23)32(30)38-33/h4,6-7,10-19,22-23H,5,8-9,20-21H2,1-3H3;6-17,20-21,36H,4-5,18-19,22H2,1-3H3. The van der Waals surface area contributed by atoms with Gasteiger partial charge in [0.1, 0.15) is 17.2 Å². The second kappa shape index (κ2) is 21.4. The molecule has 77 heavy (non-hydrogen) atoms. The van der Waals surface area contributed by atoms with E-state index in [-0.39, 0.29) is 12.6 Å². The number of carbonyl (C=O) groups excluding carboxylic acids is 1. The Balaban J connectivity index is 0.000000164. The van der Waals surface area contributed by atoms with Crippen molar-refractivity contribution in [1.82, 2.24) is 0 Å². The number of aliphatic hydroxyl groups excluding tert-OH is 1. The fourth-order valence-corrected chi connectivity index (χ4v) is 11.6. The number of methoxy groups -OCH3 is 2. The van der Waals surface area contributed by atoms with Crippen molar-refractivity contribution in [3.8, 4) is 17.2 Å². The number of fused-ring (bicyclic) bond motifs is 6. The number of piperidine rings is 1. The molecule has 0 radical (unpaired) electrons. The van der Waals surface area contributed by atoms with Crippen molar-refractivity contribution in [2.75, 3.05) is 88.2 Å². The summed E-state index contributed by atoms with van der Waals surface area (Å²) >= 11 is 0. The van der Waals surface area contributed by atoms with Gasteiger partial charge in [0.05, 0.1) is 26.4 Å². The van der Waals surface area contributed by atoms with Crippen LogP contribution in [0.5, 0.6) is 17.2 Å². The largest absolute Gasteiger partial charge is 0.497 e. The van der Waals surface area contributed by atoms with Crippen molar-refractivity contribution < 1.29 is 28.8 Å². The Hall–Kier alpha value is -8.21. The van der Waals surface area contributed by atoms with Gasteiger partial charge in [-0.2, -0.15) is 0 Å². The Morgan fingerprint density at radius 1 is 0.545 bits per heavy atom. The van der Waals surface area contributed by atoms with Crippen molar-refractivity contribution in [2.24, 2.45) is 0 Å². The Bertz CT molecular complexity index is 3490. The van der Waals surface area contributed by atoms with Crippen LogP contribution in [0, 0.1) is 0 Å². The van der Waals surface area contributed by atoms with Gasteiger partial charge < -0.3 is 43.7 Å². The van der Waals surface area contributed by atoms with Gasteiger partial charge in [-0.25, -0.2) is 4.79 Å². The molecule has 10 heteroatoms. The van der Waals surface area contributed by atoms with Gasteiger partial charge in [-0.05, 0) is 139 Å². The molecule has 10 nitrogen and oxygen atoms in total. The number of hydrogen-bond donors (Lipinski definition) is 1. The van der Waals surface area contributed by atoms with Crippen LogP contribution < -0.4 is 33.8 Å². The van der Waals surface area contributed by atoms with E-state index in [9.17, 15) is 9.90 Å². The van der Waals surface area contributed by atoms with Gasteiger partial charge in [0, 0.05) is 121 Å². The van der Waals surface area contributed by atoms with Crippen LogP contribution in [-0.4, -0.2) is 79.7 Å². The quantitative estimate of drug-likeness (QED) is 0.126. The van der Waals surface area contributed by atoms with E-state index in [1.807, 2.05) is 76.7 Å². The molecule has 0 aromatic heterocycles. The van der Waals surface area contributed by atoms with Crippen LogP contribution in [0.15, 0.2) is 164 Å². The molecule has 2 fully saturated rings. The van der Waals surface area contributed by atoms with E-state index >= 15 is 0 Å². The van der Waals surface area contributed by atoms with E-state index in [0.717, 1.165) is 110 Å². The minimum absolute atomic E-state index is 0.0487. The highest BCUT2D eigenvalue weighted by Gasteiger charge is 2.40. The molecule has 8 aromatic carbocycles. The first-order valence-electron chi connectivity index (χ1n) is 26.9. The van der Waals surface area contributed by atoms with Gasteiger partial charge in [-0.3, -0.25) is 0 Å². The Labute approximate surface area is 453 Å². The summed E-state index contributed by atoms with van der Waals surface area (Å²) in [7, 11) is 11.2. The van der Waals surface area contributed by atoms with E-state index in [1.165, 1.54) is 50.6 Å². The molecular formula is C67H68N4O6. The van der Waals surface area contributed by atoms with E-state index in [2.05, 4.69) is 147 Å².